The van der Waals surface area contributed by atoms with Gasteiger partial charge in [-0.1, -0.05) is 0 Å². The van der Waals surface area contributed by atoms with E-state index in [0.717, 1.165) is 0 Å². The van der Waals surface area contributed by atoms with Crippen LogP contribution in [0.3, 0.4) is 0 Å². The smallest absolute Gasteiger partial charge is 0.303 e. The van der Waals surface area contributed by atoms with Crippen LogP contribution >= 0.6 is 0 Å². The molecular formula is C13H20O7. The number of hydrogen-bond donors (Lipinski definition) is 0. The van der Waals surface area contributed by atoms with Crippen LogP contribution in [0.25, 0.3) is 0 Å². The number of rotatable bonds is 4. The van der Waals surface area contributed by atoms with Gasteiger partial charge in [0.1, 0.15) is 12.7 Å². The van der Waals surface area contributed by atoms with Gasteiger partial charge in [0.25, 0.3) is 0 Å². The van der Waals surface area contributed by atoms with Gasteiger partial charge in [-0.05, 0) is 6.92 Å². The highest BCUT2D eigenvalue weighted by atomic mass is 16.6. The van der Waals surface area contributed by atoms with E-state index in [1.165, 1.54) is 20.8 Å². The lowest BCUT2D eigenvalue weighted by Gasteiger charge is -2.38. The predicted molar refractivity (Wildman–Crippen MR) is 66.7 cm³/mol. The molecule has 1 fully saturated rings. The Hall–Kier alpha value is -1.63. The van der Waals surface area contributed by atoms with E-state index in [-0.39, 0.29) is 6.61 Å². The zero-order valence-corrected chi connectivity index (χ0v) is 12.1. The van der Waals surface area contributed by atoms with E-state index in [1.54, 1.807) is 6.92 Å². The van der Waals surface area contributed by atoms with Crippen LogP contribution in [0, 0.1) is 0 Å². The molecule has 4 atom stereocenters. The third-order valence-electron chi connectivity index (χ3n) is 2.82. The second kappa shape index (κ2) is 7.23. The average molecular weight is 288 g/mol. The Morgan fingerprint density at radius 2 is 1.65 bits per heavy atom. The van der Waals surface area contributed by atoms with Crippen LogP contribution in [0.15, 0.2) is 0 Å². The lowest BCUT2D eigenvalue weighted by atomic mass is 9.98. The summed E-state index contributed by atoms with van der Waals surface area (Å²) in [6.07, 6.45) is -1.83. The molecule has 1 rings (SSSR count). The molecule has 0 bridgehead atoms. The van der Waals surface area contributed by atoms with Gasteiger partial charge in [-0.3, -0.25) is 14.4 Å². The molecule has 0 aromatic rings. The van der Waals surface area contributed by atoms with Crippen LogP contribution < -0.4 is 0 Å². The van der Waals surface area contributed by atoms with Crippen molar-refractivity contribution in [3.63, 3.8) is 0 Å². The van der Waals surface area contributed by atoms with Crippen LogP contribution in [-0.4, -0.2) is 48.9 Å². The fourth-order valence-electron chi connectivity index (χ4n) is 2.14. The maximum atomic E-state index is 11.1. The second-order valence-corrected chi connectivity index (χ2v) is 4.72. The summed E-state index contributed by atoms with van der Waals surface area (Å²) in [6, 6.07) is 0. The summed E-state index contributed by atoms with van der Waals surface area (Å²) in [4.78, 5) is 33.0. The lowest BCUT2D eigenvalue weighted by molar-refractivity contribution is -0.209. The molecule has 0 radical (unpaired) electrons. The predicted octanol–water partition coefficient (Wildman–Crippen LogP) is 0.590. The van der Waals surface area contributed by atoms with Crippen molar-refractivity contribution in [2.45, 2.75) is 58.5 Å². The van der Waals surface area contributed by atoms with Crippen LogP contribution in [0.5, 0.6) is 0 Å². The van der Waals surface area contributed by atoms with Gasteiger partial charge in [-0.2, -0.15) is 0 Å². The number of esters is 3. The van der Waals surface area contributed by atoms with E-state index in [1.807, 2.05) is 0 Å². The first-order chi connectivity index (χ1) is 9.29. The molecule has 0 N–H and O–H groups in total. The van der Waals surface area contributed by atoms with Gasteiger partial charge >= 0.3 is 17.9 Å². The summed E-state index contributed by atoms with van der Waals surface area (Å²) in [5.41, 5.74) is 0. The van der Waals surface area contributed by atoms with Crippen LogP contribution in [0.4, 0.5) is 0 Å². The van der Waals surface area contributed by atoms with Crippen molar-refractivity contribution in [2.75, 3.05) is 6.61 Å². The Bertz CT molecular complexity index is 379. The number of ether oxygens (including phenoxy) is 4. The van der Waals surface area contributed by atoms with Gasteiger partial charge in [-0.25, -0.2) is 0 Å². The zero-order valence-electron chi connectivity index (χ0n) is 12.1. The van der Waals surface area contributed by atoms with Crippen molar-refractivity contribution < 1.29 is 33.3 Å². The van der Waals surface area contributed by atoms with Crippen molar-refractivity contribution in [3.8, 4) is 0 Å². The minimum atomic E-state index is -0.662. The standard InChI is InChI=1S/C13H20O7/c1-7-13(20-10(4)16)12(19-9(3)15)5-11(18-7)6-17-8(2)14/h7,11-13H,5-6H2,1-4H3. The molecule has 1 saturated heterocycles. The summed E-state index contributed by atoms with van der Waals surface area (Å²) in [6.45, 7) is 5.65. The quantitative estimate of drug-likeness (QED) is 0.552. The maximum absolute atomic E-state index is 11.1. The highest BCUT2D eigenvalue weighted by molar-refractivity contribution is 5.67. The topological polar surface area (TPSA) is 88.1 Å². The van der Waals surface area contributed by atoms with E-state index < -0.39 is 42.3 Å². The summed E-state index contributed by atoms with van der Waals surface area (Å²) < 4.78 is 20.8. The summed E-state index contributed by atoms with van der Waals surface area (Å²) in [5, 5.41) is 0. The molecule has 4 unspecified atom stereocenters. The van der Waals surface area contributed by atoms with E-state index >= 15 is 0 Å². The molecule has 1 heterocycles. The van der Waals surface area contributed by atoms with Crippen LogP contribution in [0.1, 0.15) is 34.1 Å². The van der Waals surface area contributed by atoms with Crippen molar-refractivity contribution in [1.29, 1.82) is 0 Å². The molecule has 7 heteroatoms. The van der Waals surface area contributed by atoms with Gasteiger partial charge in [-0.15, -0.1) is 0 Å². The molecule has 114 valence electrons. The molecule has 0 spiro atoms. The van der Waals surface area contributed by atoms with E-state index in [9.17, 15) is 14.4 Å². The van der Waals surface area contributed by atoms with Gasteiger partial charge in [0.15, 0.2) is 6.10 Å². The van der Waals surface area contributed by atoms with Gasteiger partial charge < -0.3 is 18.9 Å². The summed E-state index contributed by atoms with van der Waals surface area (Å²) in [5.74, 6) is -1.35. The minimum absolute atomic E-state index is 0.0736. The van der Waals surface area contributed by atoms with Crippen molar-refractivity contribution >= 4 is 17.9 Å². The Morgan fingerprint density at radius 3 is 2.15 bits per heavy atom. The summed E-state index contributed by atoms with van der Waals surface area (Å²) in [7, 11) is 0. The average Bonchev–Trinajstić information content (AvgIpc) is 2.29. The van der Waals surface area contributed by atoms with E-state index in [4.69, 9.17) is 18.9 Å². The minimum Gasteiger partial charge on any atom is -0.463 e. The van der Waals surface area contributed by atoms with Crippen LogP contribution in [0.2, 0.25) is 0 Å². The van der Waals surface area contributed by atoms with Gasteiger partial charge in [0.2, 0.25) is 0 Å². The molecule has 20 heavy (non-hydrogen) atoms. The fourth-order valence-corrected chi connectivity index (χ4v) is 2.14. The highest BCUT2D eigenvalue weighted by Gasteiger charge is 2.41. The van der Waals surface area contributed by atoms with Crippen molar-refractivity contribution in [1.82, 2.24) is 0 Å². The molecule has 1 aliphatic rings. The third kappa shape index (κ3) is 5.16. The number of carbonyl (C=O) groups is 3. The zero-order chi connectivity index (χ0) is 15.3. The van der Waals surface area contributed by atoms with Crippen molar-refractivity contribution in [2.24, 2.45) is 0 Å². The molecule has 0 saturated carbocycles. The van der Waals surface area contributed by atoms with E-state index in [0.29, 0.717) is 6.42 Å². The molecule has 0 amide bonds. The maximum Gasteiger partial charge on any atom is 0.303 e. The first kappa shape index (κ1) is 16.4. The Morgan fingerprint density at radius 1 is 1.05 bits per heavy atom. The first-order valence-electron chi connectivity index (χ1n) is 6.42. The largest absolute Gasteiger partial charge is 0.463 e. The van der Waals surface area contributed by atoms with Crippen molar-refractivity contribution in [3.05, 3.63) is 0 Å². The van der Waals surface area contributed by atoms with Gasteiger partial charge in [0, 0.05) is 27.2 Å². The molecular weight excluding hydrogens is 268 g/mol. The molecule has 0 aromatic carbocycles. The molecule has 0 aliphatic carbocycles. The SMILES string of the molecule is CC(=O)OCC1CC(OC(C)=O)C(OC(C)=O)C(C)O1. The number of hydrogen-bond acceptors (Lipinski definition) is 7. The van der Waals surface area contributed by atoms with Crippen LogP contribution in [-0.2, 0) is 33.3 Å². The Labute approximate surface area is 117 Å². The third-order valence-corrected chi connectivity index (χ3v) is 2.82. The highest BCUT2D eigenvalue weighted by Crippen LogP contribution is 2.25. The van der Waals surface area contributed by atoms with E-state index in [2.05, 4.69) is 0 Å². The molecule has 0 aromatic heterocycles. The normalized spacial score (nSPS) is 29.4. The first-order valence-corrected chi connectivity index (χ1v) is 6.42. The molecule has 7 nitrogen and oxygen atoms in total. The molecule has 1 aliphatic heterocycles. The lowest BCUT2D eigenvalue weighted by Crippen LogP contribution is -2.51. The fraction of sp³-hybridized carbons (Fsp3) is 0.769. The Kier molecular flexibility index (Phi) is 5.94. The Balaban J connectivity index is 2.71. The monoisotopic (exact) mass is 288 g/mol. The second-order valence-electron chi connectivity index (χ2n) is 4.72. The van der Waals surface area contributed by atoms with Gasteiger partial charge in [0.05, 0.1) is 12.2 Å². The summed E-state index contributed by atoms with van der Waals surface area (Å²) >= 11 is 0. The number of carbonyl (C=O) groups excluding carboxylic acids is 3.